The molecular weight excluding hydrogens is 294 g/mol. The summed E-state index contributed by atoms with van der Waals surface area (Å²) in [7, 11) is 1.59. The maximum Gasteiger partial charge on any atom is 0.303 e. The fraction of sp³-hybridized carbons (Fsp3) is 0.556. The van der Waals surface area contributed by atoms with Crippen LogP contribution in [0.15, 0.2) is 24.3 Å². The third-order valence-electron chi connectivity index (χ3n) is 4.39. The van der Waals surface area contributed by atoms with Crippen LogP contribution < -0.4 is 4.74 Å². The number of nitrogens with zero attached hydrogens (tertiary/aromatic N) is 1. The van der Waals surface area contributed by atoms with E-state index < -0.39 is 5.97 Å². The maximum atomic E-state index is 12.5. The van der Waals surface area contributed by atoms with Crippen LogP contribution in [0.3, 0.4) is 0 Å². The number of aliphatic carboxylic acids is 1. The van der Waals surface area contributed by atoms with Crippen LogP contribution in [0.1, 0.15) is 50.0 Å². The van der Waals surface area contributed by atoms with Crippen LogP contribution in [0, 0.1) is 0 Å². The largest absolute Gasteiger partial charge is 0.497 e. The van der Waals surface area contributed by atoms with Gasteiger partial charge in [-0.2, -0.15) is 0 Å². The standard InChI is InChI=1S/C18H25NO4/c1-23-16-8-6-14(7-9-16)15(13-18(21)22)12-17(20)19-10-4-2-3-5-11-19/h6-9,15H,2-5,10-13H2,1H3,(H,21,22). The Bertz CT molecular complexity index is 518. The van der Waals surface area contributed by atoms with Gasteiger partial charge in [0, 0.05) is 25.4 Å². The zero-order valence-electron chi connectivity index (χ0n) is 13.7. The van der Waals surface area contributed by atoms with Crippen molar-refractivity contribution in [2.75, 3.05) is 20.2 Å². The third kappa shape index (κ3) is 5.27. The van der Waals surface area contributed by atoms with Crippen LogP contribution in [-0.4, -0.2) is 42.1 Å². The molecule has 0 aromatic heterocycles. The van der Waals surface area contributed by atoms with Crippen molar-refractivity contribution in [3.8, 4) is 5.75 Å². The van der Waals surface area contributed by atoms with E-state index in [2.05, 4.69) is 0 Å². The number of benzene rings is 1. The molecule has 1 amide bonds. The van der Waals surface area contributed by atoms with Crippen LogP contribution in [-0.2, 0) is 9.59 Å². The zero-order valence-corrected chi connectivity index (χ0v) is 13.7. The Morgan fingerprint density at radius 1 is 1.09 bits per heavy atom. The fourth-order valence-electron chi connectivity index (χ4n) is 3.05. The molecule has 1 aromatic carbocycles. The monoisotopic (exact) mass is 319 g/mol. The van der Waals surface area contributed by atoms with E-state index in [0.29, 0.717) is 0 Å². The average Bonchev–Trinajstić information content (AvgIpc) is 2.83. The molecule has 0 spiro atoms. The van der Waals surface area contributed by atoms with Gasteiger partial charge in [-0.25, -0.2) is 0 Å². The highest BCUT2D eigenvalue weighted by Gasteiger charge is 2.23. The predicted octanol–water partition coefficient (Wildman–Crippen LogP) is 3.05. The maximum absolute atomic E-state index is 12.5. The molecule has 5 heteroatoms. The van der Waals surface area contributed by atoms with E-state index in [-0.39, 0.29) is 24.7 Å². The average molecular weight is 319 g/mol. The van der Waals surface area contributed by atoms with Crippen LogP contribution >= 0.6 is 0 Å². The van der Waals surface area contributed by atoms with Crippen LogP contribution in [0.2, 0.25) is 0 Å². The minimum atomic E-state index is -0.880. The molecule has 0 saturated carbocycles. The molecule has 1 heterocycles. The number of hydrogen-bond acceptors (Lipinski definition) is 3. The number of amides is 1. The molecule has 1 aromatic rings. The Hall–Kier alpha value is -2.04. The van der Waals surface area contributed by atoms with Crippen molar-refractivity contribution >= 4 is 11.9 Å². The first-order valence-electron chi connectivity index (χ1n) is 8.23. The molecular formula is C18H25NO4. The first kappa shape index (κ1) is 17.3. The van der Waals surface area contributed by atoms with E-state index in [1.807, 2.05) is 17.0 Å². The smallest absolute Gasteiger partial charge is 0.303 e. The number of methoxy groups -OCH3 is 1. The number of carbonyl (C=O) groups is 2. The number of hydrogen-bond donors (Lipinski definition) is 1. The van der Waals surface area contributed by atoms with Gasteiger partial charge in [0.1, 0.15) is 5.75 Å². The van der Waals surface area contributed by atoms with E-state index in [9.17, 15) is 9.59 Å². The van der Waals surface area contributed by atoms with E-state index in [1.54, 1.807) is 19.2 Å². The minimum absolute atomic E-state index is 0.0358. The van der Waals surface area contributed by atoms with Crippen molar-refractivity contribution in [1.82, 2.24) is 4.90 Å². The molecule has 1 fully saturated rings. The van der Waals surface area contributed by atoms with Crippen LogP contribution in [0.4, 0.5) is 0 Å². The highest BCUT2D eigenvalue weighted by Crippen LogP contribution is 2.27. The van der Waals surface area contributed by atoms with Crippen molar-refractivity contribution < 1.29 is 19.4 Å². The third-order valence-corrected chi connectivity index (χ3v) is 4.39. The van der Waals surface area contributed by atoms with Crippen molar-refractivity contribution in [3.05, 3.63) is 29.8 Å². The summed E-state index contributed by atoms with van der Waals surface area (Å²) >= 11 is 0. The van der Waals surface area contributed by atoms with Gasteiger partial charge in [0.25, 0.3) is 0 Å². The number of likely N-dealkylation sites (tertiary alicyclic amines) is 1. The quantitative estimate of drug-likeness (QED) is 0.875. The molecule has 1 saturated heterocycles. The topological polar surface area (TPSA) is 66.8 Å². The summed E-state index contributed by atoms with van der Waals surface area (Å²) in [6.45, 7) is 1.59. The highest BCUT2D eigenvalue weighted by atomic mass is 16.5. The molecule has 0 aliphatic carbocycles. The molecule has 0 bridgehead atoms. The summed E-state index contributed by atoms with van der Waals surface area (Å²) in [5.74, 6) is -0.390. The van der Waals surface area contributed by atoms with Gasteiger partial charge in [0.05, 0.1) is 13.5 Å². The summed E-state index contributed by atoms with van der Waals surface area (Å²) in [6, 6.07) is 7.31. The molecule has 1 atom stereocenters. The lowest BCUT2D eigenvalue weighted by Gasteiger charge is -2.23. The molecule has 2 rings (SSSR count). The van der Waals surface area contributed by atoms with E-state index in [1.165, 1.54) is 12.8 Å². The first-order valence-corrected chi connectivity index (χ1v) is 8.23. The molecule has 1 N–H and O–H groups in total. The molecule has 5 nitrogen and oxygen atoms in total. The van der Waals surface area contributed by atoms with Crippen molar-refractivity contribution in [2.45, 2.75) is 44.4 Å². The summed E-state index contributed by atoms with van der Waals surface area (Å²) in [5, 5.41) is 9.16. The lowest BCUT2D eigenvalue weighted by molar-refractivity contribution is -0.138. The van der Waals surface area contributed by atoms with Crippen molar-refractivity contribution in [2.24, 2.45) is 0 Å². The molecule has 126 valence electrons. The summed E-state index contributed by atoms with van der Waals surface area (Å²) in [6.07, 6.45) is 4.63. The zero-order chi connectivity index (χ0) is 16.7. The second-order valence-corrected chi connectivity index (χ2v) is 6.07. The Kier molecular flexibility index (Phi) is 6.44. The lowest BCUT2D eigenvalue weighted by atomic mass is 9.92. The van der Waals surface area contributed by atoms with Gasteiger partial charge in [-0.3, -0.25) is 9.59 Å². The predicted molar refractivity (Wildman–Crippen MR) is 87.7 cm³/mol. The summed E-state index contributed by atoms with van der Waals surface area (Å²) in [4.78, 5) is 25.6. The summed E-state index contributed by atoms with van der Waals surface area (Å²) < 4.78 is 5.13. The van der Waals surface area contributed by atoms with E-state index >= 15 is 0 Å². The van der Waals surface area contributed by atoms with Crippen LogP contribution in [0.5, 0.6) is 5.75 Å². The summed E-state index contributed by atoms with van der Waals surface area (Å²) in [5.41, 5.74) is 0.872. The van der Waals surface area contributed by atoms with Gasteiger partial charge >= 0.3 is 5.97 Å². The normalized spacial score (nSPS) is 16.5. The molecule has 1 aliphatic rings. The lowest BCUT2D eigenvalue weighted by Crippen LogP contribution is -2.33. The number of carboxylic acid groups (broad SMARTS) is 1. The number of ether oxygens (including phenoxy) is 1. The Morgan fingerprint density at radius 3 is 2.22 bits per heavy atom. The second kappa shape index (κ2) is 8.56. The number of carboxylic acids is 1. The Morgan fingerprint density at radius 2 is 1.70 bits per heavy atom. The molecule has 1 aliphatic heterocycles. The van der Waals surface area contributed by atoms with Crippen molar-refractivity contribution in [3.63, 3.8) is 0 Å². The number of rotatable bonds is 6. The van der Waals surface area contributed by atoms with Gasteiger partial charge in [0.2, 0.25) is 5.91 Å². The van der Waals surface area contributed by atoms with E-state index in [0.717, 1.165) is 37.2 Å². The highest BCUT2D eigenvalue weighted by molar-refractivity contribution is 5.78. The van der Waals surface area contributed by atoms with Gasteiger partial charge in [-0.15, -0.1) is 0 Å². The van der Waals surface area contributed by atoms with Crippen molar-refractivity contribution in [1.29, 1.82) is 0 Å². The van der Waals surface area contributed by atoms with E-state index in [4.69, 9.17) is 9.84 Å². The molecule has 1 unspecified atom stereocenters. The Balaban J connectivity index is 2.07. The van der Waals surface area contributed by atoms with Gasteiger partial charge in [-0.1, -0.05) is 25.0 Å². The van der Waals surface area contributed by atoms with Gasteiger partial charge in [-0.05, 0) is 30.5 Å². The van der Waals surface area contributed by atoms with Gasteiger partial charge in [0.15, 0.2) is 0 Å². The Labute approximate surface area is 137 Å². The number of carbonyl (C=O) groups excluding carboxylic acids is 1. The van der Waals surface area contributed by atoms with Gasteiger partial charge < -0.3 is 14.7 Å². The molecule has 0 radical (unpaired) electrons. The second-order valence-electron chi connectivity index (χ2n) is 6.07. The SMILES string of the molecule is COc1ccc(C(CC(=O)O)CC(=O)N2CCCCCC2)cc1. The minimum Gasteiger partial charge on any atom is -0.497 e. The molecule has 23 heavy (non-hydrogen) atoms. The first-order chi connectivity index (χ1) is 11.1. The fourth-order valence-corrected chi connectivity index (χ4v) is 3.05. The van der Waals surface area contributed by atoms with Crippen LogP contribution in [0.25, 0.3) is 0 Å².